The molecule has 0 fully saturated rings. The molecule has 0 radical (unpaired) electrons. The molecule has 5 nitrogen and oxygen atoms in total. The molecule has 1 amide bonds. The molecule has 1 heterocycles. The summed E-state index contributed by atoms with van der Waals surface area (Å²) in [7, 11) is 0. The maximum atomic E-state index is 13.6. The van der Waals surface area contributed by atoms with Gasteiger partial charge in [0.05, 0.1) is 6.61 Å². The average molecular weight is 489 g/mol. The first-order valence-electron chi connectivity index (χ1n) is 10.8. The number of hydrogen-bond acceptors (Lipinski definition) is 6. The van der Waals surface area contributed by atoms with Crippen molar-refractivity contribution in [3.05, 3.63) is 101 Å². The number of carbonyl (C=O) groups excluding carboxylic acids is 2. The van der Waals surface area contributed by atoms with Gasteiger partial charge in [-0.05, 0) is 36.2 Å². The van der Waals surface area contributed by atoms with E-state index in [1.807, 2.05) is 90.3 Å². The van der Waals surface area contributed by atoms with E-state index in [0.717, 1.165) is 21.6 Å². The minimum absolute atomic E-state index is 0.231. The molecule has 34 heavy (non-hydrogen) atoms. The smallest absolute Gasteiger partial charge is 0.341 e. The minimum Gasteiger partial charge on any atom is -0.462 e. The number of nitrogens with one attached hydrogen (secondary N) is 1. The summed E-state index contributed by atoms with van der Waals surface area (Å²) in [5.74, 6) is -0.691. The van der Waals surface area contributed by atoms with E-state index < -0.39 is 11.2 Å². The Hall–Kier alpha value is -3.55. The molecule has 172 valence electrons. The van der Waals surface area contributed by atoms with E-state index >= 15 is 0 Å². The lowest BCUT2D eigenvalue weighted by molar-refractivity contribution is -0.115. The predicted octanol–water partition coefficient (Wildman–Crippen LogP) is 6.65. The Morgan fingerprint density at radius 3 is 2.38 bits per heavy atom. The lowest BCUT2D eigenvalue weighted by Crippen LogP contribution is -2.20. The van der Waals surface area contributed by atoms with Crippen LogP contribution >= 0.6 is 23.1 Å². The third-order valence-corrected chi connectivity index (χ3v) is 7.19. The number of esters is 1. The maximum absolute atomic E-state index is 13.6. The first-order chi connectivity index (χ1) is 16.6. The van der Waals surface area contributed by atoms with Crippen LogP contribution in [-0.2, 0) is 9.53 Å². The van der Waals surface area contributed by atoms with Gasteiger partial charge >= 0.3 is 5.97 Å². The molecule has 0 aliphatic heterocycles. The van der Waals surface area contributed by atoms with E-state index in [0.29, 0.717) is 16.3 Å². The summed E-state index contributed by atoms with van der Waals surface area (Å²) in [6.45, 7) is 2.01. The number of ether oxygens (including phenoxy) is 1. The van der Waals surface area contributed by atoms with Crippen molar-refractivity contribution in [2.45, 2.75) is 17.1 Å². The number of thioether (sulfide) groups is 1. The second-order valence-corrected chi connectivity index (χ2v) is 9.47. The van der Waals surface area contributed by atoms with E-state index in [9.17, 15) is 9.59 Å². The van der Waals surface area contributed by atoms with Crippen LogP contribution in [0.3, 0.4) is 0 Å². The average Bonchev–Trinajstić information content (AvgIpc) is 3.27. The quantitative estimate of drug-likeness (QED) is 0.165. The zero-order valence-electron chi connectivity index (χ0n) is 18.6. The van der Waals surface area contributed by atoms with Crippen LogP contribution in [0.5, 0.6) is 0 Å². The van der Waals surface area contributed by atoms with E-state index in [4.69, 9.17) is 10.5 Å². The summed E-state index contributed by atoms with van der Waals surface area (Å²) in [6, 6.07) is 26.6. The van der Waals surface area contributed by atoms with E-state index in [1.54, 1.807) is 6.92 Å². The monoisotopic (exact) mass is 488 g/mol. The highest BCUT2D eigenvalue weighted by Crippen LogP contribution is 2.40. The molecular weight excluding hydrogens is 464 g/mol. The number of amides is 1. The van der Waals surface area contributed by atoms with Gasteiger partial charge in [0.2, 0.25) is 5.91 Å². The predicted molar refractivity (Wildman–Crippen MR) is 140 cm³/mol. The Kier molecular flexibility index (Phi) is 7.67. The zero-order chi connectivity index (χ0) is 23.9. The Labute approximate surface area is 207 Å². The highest BCUT2D eigenvalue weighted by Gasteiger charge is 2.27. The van der Waals surface area contributed by atoms with Crippen LogP contribution in [0.1, 0.15) is 28.1 Å². The fourth-order valence-electron chi connectivity index (χ4n) is 3.49. The summed E-state index contributed by atoms with van der Waals surface area (Å²) in [6.07, 6.45) is 0. The second-order valence-electron chi connectivity index (χ2n) is 7.41. The van der Waals surface area contributed by atoms with Crippen molar-refractivity contribution in [1.29, 1.82) is 0 Å². The van der Waals surface area contributed by atoms with Crippen molar-refractivity contribution >= 4 is 45.7 Å². The summed E-state index contributed by atoms with van der Waals surface area (Å²) >= 11 is 2.72. The molecule has 0 saturated carbocycles. The third kappa shape index (κ3) is 5.50. The van der Waals surface area contributed by atoms with Crippen molar-refractivity contribution in [1.82, 2.24) is 0 Å². The van der Waals surface area contributed by atoms with Crippen LogP contribution in [0.15, 0.2) is 95.2 Å². The molecule has 7 heteroatoms. The summed E-state index contributed by atoms with van der Waals surface area (Å²) in [5, 5.41) is 4.80. The number of carbonyl (C=O) groups is 2. The number of anilines is 2. The van der Waals surface area contributed by atoms with Crippen LogP contribution in [-0.4, -0.2) is 18.5 Å². The first kappa shape index (κ1) is 23.6. The van der Waals surface area contributed by atoms with Crippen molar-refractivity contribution in [3.8, 4) is 11.1 Å². The largest absolute Gasteiger partial charge is 0.462 e. The van der Waals surface area contributed by atoms with Crippen molar-refractivity contribution in [2.75, 3.05) is 17.7 Å². The third-order valence-electron chi connectivity index (χ3n) is 5.04. The van der Waals surface area contributed by atoms with Gasteiger partial charge in [0.1, 0.15) is 15.8 Å². The molecule has 1 unspecified atom stereocenters. The minimum atomic E-state index is -0.541. The van der Waals surface area contributed by atoms with E-state index in [2.05, 4.69) is 5.32 Å². The Morgan fingerprint density at radius 1 is 1.00 bits per heavy atom. The molecule has 1 atom stereocenters. The molecule has 1 aromatic heterocycles. The Morgan fingerprint density at radius 2 is 1.71 bits per heavy atom. The van der Waals surface area contributed by atoms with Gasteiger partial charge in [-0.1, -0.05) is 66.7 Å². The van der Waals surface area contributed by atoms with Crippen LogP contribution < -0.4 is 11.1 Å². The van der Waals surface area contributed by atoms with Gasteiger partial charge in [-0.25, -0.2) is 4.79 Å². The molecule has 0 aliphatic carbocycles. The van der Waals surface area contributed by atoms with Gasteiger partial charge in [-0.15, -0.1) is 23.1 Å². The Balaban J connectivity index is 1.68. The number of nitrogens with two attached hydrogens (primary N) is 1. The normalized spacial score (nSPS) is 11.6. The second kappa shape index (κ2) is 11.0. The standard InChI is InChI=1S/C27H24N2O3S2/c1-2-32-27(31)23-22(18-10-5-3-6-11-18)17-33-26(23)29-25(30)24(19-12-7-4-8-13-19)34-21-15-9-14-20(28)16-21/h3-17,24H,2,28H2,1H3,(H,29,30). The number of thiophene rings is 1. The molecular formula is C27H24N2O3S2. The summed E-state index contributed by atoms with van der Waals surface area (Å²) in [4.78, 5) is 27.3. The Bertz CT molecular complexity index is 1270. The maximum Gasteiger partial charge on any atom is 0.341 e. The fraction of sp³-hybridized carbons (Fsp3) is 0.111. The molecule has 0 bridgehead atoms. The first-order valence-corrected chi connectivity index (χ1v) is 12.5. The lowest BCUT2D eigenvalue weighted by atomic mass is 10.0. The van der Waals surface area contributed by atoms with Crippen LogP contribution in [0.4, 0.5) is 10.7 Å². The zero-order valence-corrected chi connectivity index (χ0v) is 20.2. The molecule has 3 aromatic carbocycles. The van der Waals surface area contributed by atoms with Gasteiger partial charge in [0, 0.05) is 21.5 Å². The number of benzene rings is 3. The molecule has 0 saturated heterocycles. The summed E-state index contributed by atoms with van der Waals surface area (Å²) in [5.41, 5.74) is 9.42. The van der Waals surface area contributed by atoms with Gasteiger partial charge in [-0.2, -0.15) is 0 Å². The van der Waals surface area contributed by atoms with Crippen molar-refractivity contribution < 1.29 is 14.3 Å². The fourth-order valence-corrected chi connectivity index (χ4v) is 5.54. The molecule has 4 rings (SSSR count). The van der Waals surface area contributed by atoms with E-state index in [-0.39, 0.29) is 12.5 Å². The van der Waals surface area contributed by atoms with Gasteiger partial charge in [0.15, 0.2) is 0 Å². The van der Waals surface area contributed by atoms with Crippen LogP contribution in [0, 0.1) is 0 Å². The number of nitrogen functional groups attached to an aromatic ring is 1. The van der Waals surface area contributed by atoms with Crippen LogP contribution in [0.2, 0.25) is 0 Å². The highest BCUT2D eigenvalue weighted by atomic mass is 32.2. The van der Waals surface area contributed by atoms with Gasteiger partial charge in [-0.3, -0.25) is 4.79 Å². The number of rotatable bonds is 8. The molecule has 4 aromatic rings. The van der Waals surface area contributed by atoms with Gasteiger partial charge in [0.25, 0.3) is 0 Å². The number of hydrogen-bond donors (Lipinski definition) is 2. The van der Waals surface area contributed by atoms with Crippen molar-refractivity contribution in [2.24, 2.45) is 0 Å². The highest BCUT2D eigenvalue weighted by molar-refractivity contribution is 8.00. The molecule has 0 spiro atoms. The summed E-state index contributed by atoms with van der Waals surface area (Å²) < 4.78 is 5.32. The topological polar surface area (TPSA) is 81.4 Å². The van der Waals surface area contributed by atoms with Crippen molar-refractivity contribution in [3.63, 3.8) is 0 Å². The SMILES string of the molecule is CCOC(=O)c1c(-c2ccccc2)csc1NC(=O)C(Sc1cccc(N)c1)c1ccccc1. The molecule has 0 aliphatic rings. The van der Waals surface area contributed by atoms with Gasteiger partial charge < -0.3 is 15.8 Å². The lowest BCUT2D eigenvalue weighted by Gasteiger charge is -2.17. The van der Waals surface area contributed by atoms with Crippen LogP contribution in [0.25, 0.3) is 11.1 Å². The molecule has 3 N–H and O–H groups in total. The van der Waals surface area contributed by atoms with E-state index in [1.165, 1.54) is 23.1 Å².